The van der Waals surface area contributed by atoms with Gasteiger partial charge >= 0.3 is 0 Å². The Hall–Kier alpha value is -3.21. The van der Waals surface area contributed by atoms with Crippen LogP contribution < -0.4 is 10.9 Å². The summed E-state index contributed by atoms with van der Waals surface area (Å²) in [6, 6.07) is 15.9. The van der Waals surface area contributed by atoms with Crippen molar-refractivity contribution in [2.24, 2.45) is 7.05 Å². The predicted octanol–water partition coefficient (Wildman–Crippen LogP) is 2.15. The number of rotatable bonds is 4. The number of Topliss-reactive ketones (excluding diaryl/α,β-unsaturated/α-hetero) is 1. The van der Waals surface area contributed by atoms with E-state index in [9.17, 15) is 14.4 Å². The number of aryl methyl sites for hydroxylation is 1. The van der Waals surface area contributed by atoms with Gasteiger partial charge in [0.2, 0.25) is 0 Å². The van der Waals surface area contributed by atoms with Crippen LogP contribution in [0, 0.1) is 0 Å². The second-order valence-electron chi connectivity index (χ2n) is 5.50. The minimum absolute atomic E-state index is 0.123. The number of amides is 1. The summed E-state index contributed by atoms with van der Waals surface area (Å²) >= 11 is 0. The van der Waals surface area contributed by atoms with E-state index in [4.69, 9.17) is 0 Å². The quantitative estimate of drug-likeness (QED) is 0.749. The van der Waals surface area contributed by atoms with E-state index in [0.717, 1.165) is 10.8 Å². The number of aromatic nitrogens is 1. The van der Waals surface area contributed by atoms with Gasteiger partial charge in [-0.15, -0.1) is 0 Å². The Bertz CT molecular complexity index is 984. The molecule has 0 unspecified atom stereocenters. The molecule has 24 heavy (non-hydrogen) atoms. The molecule has 5 heteroatoms. The first-order valence-electron chi connectivity index (χ1n) is 7.52. The molecule has 5 nitrogen and oxygen atoms in total. The topological polar surface area (TPSA) is 68.2 Å². The molecule has 0 aliphatic carbocycles. The first-order valence-corrected chi connectivity index (χ1v) is 7.52. The molecule has 0 fully saturated rings. The van der Waals surface area contributed by atoms with Crippen molar-refractivity contribution in [1.82, 2.24) is 9.88 Å². The third-order valence-electron chi connectivity index (χ3n) is 3.87. The molecule has 2 aromatic carbocycles. The van der Waals surface area contributed by atoms with Crippen molar-refractivity contribution < 1.29 is 9.59 Å². The number of pyridine rings is 1. The summed E-state index contributed by atoms with van der Waals surface area (Å²) in [5.74, 6) is -0.620. The van der Waals surface area contributed by atoms with Crippen LogP contribution in [-0.4, -0.2) is 22.8 Å². The lowest BCUT2D eigenvalue weighted by molar-refractivity contribution is 0.0904. The standard InChI is InChI=1S/C19H16N2O3/c1-21-10-9-14(11-18(21)23)19(24)20-12-17(22)16-8-4-6-13-5-2-3-7-15(13)16/h2-11H,12H2,1H3,(H,20,24). The molecule has 0 aliphatic rings. The summed E-state index contributed by atoms with van der Waals surface area (Å²) in [4.78, 5) is 36.1. The third-order valence-corrected chi connectivity index (χ3v) is 3.87. The number of carbonyl (C=O) groups is 2. The molecule has 3 rings (SSSR count). The van der Waals surface area contributed by atoms with Gasteiger partial charge in [-0.25, -0.2) is 0 Å². The van der Waals surface area contributed by atoms with Crippen molar-refractivity contribution in [3.63, 3.8) is 0 Å². The van der Waals surface area contributed by atoms with E-state index in [1.54, 1.807) is 19.2 Å². The molecule has 1 amide bonds. The van der Waals surface area contributed by atoms with Crippen LogP contribution >= 0.6 is 0 Å². The molecule has 3 aromatic rings. The van der Waals surface area contributed by atoms with Crippen molar-refractivity contribution in [3.8, 4) is 0 Å². The van der Waals surface area contributed by atoms with Crippen LogP contribution in [0.2, 0.25) is 0 Å². The van der Waals surface area contributed by atoms with Gasteiger partial charge in [-0.05, 0) is 16.8 Å². The fourth-order valence-electron chi connectivity index (χ4n) is 2.52. The maximum absolute atomic E-state index is 12.4. The number of benzene rings is 2. The second kappa shape index (κ2) is 6.50. The highest BCUT2D eigenvalue weighted by molar-refractivity contribution is 6.10. The van der Waals surface area contributed by atoms with Crippen LogP contribution in [0.15, 0.2) is 65.6 Å². The minimum Gasteiger partial charge on any atom is -0.345 e. The molecule has 0 spiro atoms. The monoisotopic (exact) mass is 320 g/mol. The summed E-state index contributed by atoms with van der Waals surface area (Å²) in [5, 5.41) is 4.40. The summed E-state index contributed by atoms with van der Waals surface area (Å²) in [6.45, 7) is -0.123. The molecule has 0 saturated carbocycles. The van der Waals surface area contributed by atoms with E-state index >= 15 is 0 Å². The molecule has 0 atom stereocenters. The smallest absolute Gasteiger partial charge is 0.251 e. The van der Waals surface area contributed by atoms with Crippen molar-refractivity contribution in [1.29, 1.82) is 0 Å². The molecule has 0 saturated heterocycles. The van der Waals surface area contributed by atoms with Crippen molar-refractivity contribution in [3.05, 3.63) is 82.3 Å². The summed E-state index contributed by atoms with van der Waals surface area (Å²) < 4.78 is 1.37. The summed E-state index contributed by atoms with van der Waals surface area (Å²) in [7, 11) is 1.61. The fraction of sp³-hybridized carbons (Fsp3) is 0.105. The maximum Gasteiger partial charge on any atom is 0.251 e. The maximum atomic E-state index is 12.4. The third kappa shape index (κ3) is 3.10. The number of nitrogens with zero attached hydrogens (tertiary/aromatic N) is 1. The number of carbonyl (C=O) groups excluding carboxylic acids is 2. The van der Waals surface area contributed by atoms with E-state index in [1.165, 1.54) is 16.8 Å². The summed E-state index contributed by atoms with van der Waals surface area (Å²) in [5.41, 5.74) is 0.532. The fourth-order valence-corrected chi connectivity index (χ4v) is 2.52. The number of ketones is 1. The highest BCUT2D eigenvalue weighted by atomic mass is 16.2. The molecule has 120 valence electrons. The zero-order valence-corrected chi connectivity index (χ0v) is 13.2. The van der Waals surface area contributed by atoms with Gasteiger partial charge < -0.3 is 9.88 Å². The molecule has 0 bridgehead atoms. The molecule has 1 heterocycles. The lowest BCUT2D eigenvalue weighted by Gasteiger charge is -2.08. The van der Waals surface area contributed by atoms with Crippen LogP contribution in [0.25, 0.3) is 10.8 Å². The van der Waals surface area contributed by atoms with Crippen molar-refractivity contribution >= 4 is 22.5 Å². The number of hydrogen-bond donors (Lipinski definition) is 1. The first-order chi connectivity index (χ1) is 11.6. The average molecular weight is 320 g/mol. The zero-order chi connectivity index (χ0) is 17.1. The lowest BCUT2D eigenvalue weighted by Crippen LogP contribution is -2.31. The van der Waals surface area contributed by atoms with Crippen LogP contribution in [-0.2, 0) is 7.05 Å². The summed E-state index contributed by atoms with van der Waals surface area (Å²) in [6.07, 6.45) is 1.52. The molecule has 1 aromatic heterocycles. The highest BCUT2D eigenvalue weighted by Gasteiger charge is 2.12. The molecule has 0 aliphatic heterocycles. The predicted molar refractivity (Wildman–Crippen MR) is 92.3 cm³/mol. The molecular formula is C19H16N2O3. The van der Waals surface area contributed by atoms with Gasteiger partial charge in [0.05, 0.1) is 6.54 Å². The number of nitrogens with one attached hydrogen (secondary N) is 1. The van der Waals surface area contributed by atoms with E-state index in [-0.39, 0.29) is 23.5 Å². The van der Waals surface area contributed by atoms with E-state index in [1.807, 2.05) is 36.4 Å². The Morgan fingerprint density at radius 3 is 2.58 bits per heavy atom. The second-order valence-corrected chi connectivity index (χ2v) is 5.50. The van der Waals surface area contributed by atoms with Crippen LogP contribution in [0.1, 0.15) is 20.7 Å². The van der Waals surface area contributed by atoms with Gasteiger partial charge in [0.1, 0.15) is 0 Å². The van der Waals surface area contributed by atoms with Crippen LogP contribution in [0.5, 0.6) is 0 Å². The SMILES string of the molecule is Cn1ccc(C(=O)NCC(=O)c2cccc3ccccc23)cc1=O. The Kier molecular flexibility index (Phi) is 4.24. The van der Waals surface area contributed by atoms with Gasteiger partial charge in [0, 0.05) is 30.4 Å². The molecular weight excluding hydrogens is 304 g/mol. The van der Waals surface area contributed by atoms with Crippen molar-refractivity contribution in [2.45, 2.75) is 0 Å². The van der Waals surface area contributed by atoms with Crippen LogP contribution in [0.3, 0.4) is 0 Å². The Balaban J connectivity index is 1.76. The zero-order valence-electron chi connectivity index (χ0n) is 13.2. The number of fused-ring (bicyclic) bond motifs is 1. The average Bonchev–Trinajstić information content (AvgIpc) is 2.61. The lowest BCUT2D eigenvalue weighted by atomic mass is 10.0. The highest BCUT2D eigenvalue weighted by Crippen LogP contribution is 2.18. The van der Waals surface area contributed by atoms with Gasteiger partial charge in [-0.3, -0.25) is 14.4 Å². The number of hydrogen-bond acceptors (Lipinski definition) is 3. The van der Waals surface area contributed by atoms with Gasteiger partial charge in [0.15, 0.2) is 5.78 Å². The Labute approximate surface area is 138 Å². The van der Waals surface area contributed by atoms with E-state index in [2.05, 4.69) is 5.32 Å². The minimum atomic E-state index is -0.443. The normalized spacial score (nSPS) is 10.5. The van der Waals surface area contributed by atoms with Crippen LogP contribution in [0.4, 0.5) is 0 Å². The largest absolute Gasteiger partial charge is 0.345 e. The molecule has 0 radical (unpaired) electrons. The van der Waals surface area contributed by atoms with Gasteiger partial charge in [-0.1, -0.05) is 42.5 Å². The van der Waals surface area contributed by atoms with Gasteiger partial charge in [-0.2, -0.15) is 0 Å². The Morgan fingerprint density at radius 1 is 1.04 bits per heavy atom. The first kappa shape index (κ1) is 15.7. The van der Waals surface area contributed by atoms with Crippen molar-refractivity contribution in [2.75, 3.05) is 6.54 Å². The van der Waals surface area contributed by atoms with E-state index in [0.29, 0.717) is 5.56 Å². The van der Waals surface area contributed by atoms with E-state index < -0.39 is 5.91 Å². The molecule has 1 N–H and O–H groups in total. The van der Waals surface area contributed by atoms with Gasteiger partial charge in [0.25, 0.3) is 11.5 Å². The Morgan fingerprint density at radius 2 is 1.79 bits per heavy atom.